The highest BCUT2D eigenvalue weighted by Crippen LogP contribution is 2.09. The fraction of sp³-hybridized carbons (Fsp3) is 0.200. The van der Waals surface area contributed by atoms with E-state index >= 15 is 0 Å². The van der Waals surface area contributed by atoms with E-state index in [1.807, 2.05) is 24.3 Å². The zero-order chi connectivity index (χ0) is 12.0. The van der Waals surface area contributed by atoms with Crippen LogP contribution < -0.4 is 5.73 Å². The molecule has 0 bridgehead atoms. The van der Waals surface area contributed by atoms with Crippen LogP contribution in [-0.4, -0.2) is 33.8 Å². The normalized spacial score (nSPS) is 11.6. The summed E-state index contributed by atoms with van der Waals surface area (Å²) in [5.41, 5.74) is 6.53. The molecule has 0 saturated carbocycles. The largest absolute Gasteiger partial charge is 0.480 e. The van der Waals surface area contributed by atoms with E-state index in [0.29, 0.717) is 0 Å². The number of hydrogen-bond donors (Lipinski definition) is 3. The third-order valence-electron chi connectivity index (χ3n) is 1.75. The fourth-order valence-electron chi connectivity index (χ4n) is 0.881. The number of aliphatic hydroxyl groups is 1. The van der Waals surface area contributed by atoms with Gasteiger partial charge in [-0.05, 0) is 12.1 Å². The number of para-hydroxylation sites is 2. The van der Waals surface area contributed by atoms with E-state index in [9.17, 15) is 4.79 Å². The molecule has 1 atom stereocenters. The maximum atomic E-state index is 9.65. The van der Waals surface area contributed by atoms with Crippen molar-refractivity contribution in [2.24, 2.45) is 5.73 Å². The SMILES string of the molecule is N[C@@H](CO)C(=O)O.c1ccc2ocnc2c1. The van der Waals surface area contributed by atoms with Gasteiger partial charge < -0.3 is 20.4 Å². The number of oxazole rings is 1. The van der Waals surface area contributed by atoms with Crippen LogP contribution in [0.15, 0.2) is 35.1 Å². The summed E-state index contributed by atoms with van der Waals surface area (Å²) in [6.45, 7) is -0.505. The Kier molecular flexibility index (Phi) is 4.43. The monoisotopic (exact) mass is 224 g/mol. The van der Waals surface area contributed by atoms with Crippen LogP contribution in [-0.2, 0) is 4.79 Å². The van der Waals surface area contributed by atoms with Crippen LogP contribution in [0.25, 0.3) is 11.1 Å². The zero-order valence-electron chi connectivity index (χ0n) is 8.41. The summed E-state index contributed by atoms with van der Waals surface area (Å²) in [4.78, 5) is 13.6. The van der Waals surface area contributed by atoms with Gasteiger partial charge in [0.05, 0.1) is 6.61 Å². The van der Waals surface area contributed by atoms with Crippen LogP contribution >= 0.6 is 0 Å². The molecule has 0 amide bonds. The van der Waals surface area contributed by atoms with Crippen LogP contribution in [0.5, 0.6) is 0 Å². The molecular weight excluding hydrogens is 212 g/mol. The molecule has 6 nitrogen and oxygen atoms in total. The lowest BCUT2D eigenvalue weighted by Crippen LogP contribution is -2.33. The number of nitrogens with zero attached hydrogens (tertiary/aromatic N) is 1. The lowest BCUT2D eigenvalue weighted by Gasteiger charge is -1.96. The summed E-state index contributed by atoms with van der Waals surface area (Å²) in [6.07, 6.45) is 1.45. The molecule has 2 aromatic rings. The van der Waals surface area contributed by atoms with Crippen molar-refractivity contribution in [3.63, 3.8) is 0 Å². The van der Waals surface area contributed by atoms with Crippen LogP contribution in [0.4, 0.5) is 0 Å². The number of hydrogen-bond acceptors (Lipinski definition) is 5. The average molecular weight is 224 g/mol. The predicted octanol–water partition coefficient (Wildman–Crippen LogP) is 0.218. The summed E-state index contributed by atoms with van der Waals surface area (Å²) in [5.74, 6) is -1.18. The molecule has 0 spiro atoms. The molecule has 0 fully saturated rings. The molecule has 1 aromatic heterocycles. The number of fused-ring (bicyclic) bond motifs is 1. The number of aliphatic hydroxyl groups excluding tert-OH is 1. The Bertz CT molecular complexity index is 425. The number of carbonyl (C=O) groups is 1. The third kappa shape index (κ3) is 3.34. The maximum absolute atomic E-state index is 9.65. The zero-order valence-corrected chi connectivity index (χ0v) is 8.41. The quantitative estimate of drug-likeness (QED) is 0.673. The molecule has 1 aromatic carbocycles. The Hall–Kier alpha value is -1.92. The van der Waals surface area contributed by atoms with Crippen molar-refractivity contribution in [1.82, 2.24) is 4.98 Å². The van der Waals surface area contributed by atoms with Crippen molar-refractivity contribution >= 4 is 17.1 Å². The van der Waals surface area contributed by atoms with E-state index in [2.05, 4.69) is 4.98 Å². The first-order valence-electron chi connectivity index (χ1n) is 4.52. The summed E-state index contributed by atoms with van der Waals surface area (Å²) in [7, 11) is 0. The second-order valence-electron chi connectivity index (χ2n) is 2.95. The number of carboxylic acids is 1. The van der Waals surface area contributed by atoms with Gasteiger partial charge in [-0.3, -0.25) is 4.79 Å². The fourth-order valence-corrected chi connectivity index (χ4v) is 0.881. The minimum absolute atomic E-state index is 0.505. The van der Waals surface area contributed by atoms with Gasteiger partial charge in [0.15, 0.2) is 12.0 Å². The highest BCUT2D eigenvalue weighted by molar-refractivity contribution is 5.73. The first-order valence-corrected chi connectivity index (χ1v) is 4.52. The Morgan fingerprint density at radius 3 is 2.69 bits per heavy atom. The van der Waals surface area contributed by atoms with Crippen LogP contribution in [0, 0.1) is 0 Å². The van der Waals surface area contributed by atoms with Crippen LogP contribution in [0.1, 0.15) is 0 Å². The van der Waals surface area contributed by atoms with Crippen molar-refractivity contribution in [3.8, 4) is 0 Å². The maximum Gasteiger partial charge on any atom is 0.322 e. The van der Waals surface area contributed by atoms with Gasteiger partial charge in [0, 0.05) is 0 Å². The van der Waals surface area contributed by atoms with Crippen molar-refractivity contribution in [2.45, 2.75) is 6.04 Å². The minimum atomic E-state index is -1.18. The first-order chi connectivity index (χ1) is 7.65. The van der Waals surface area contributed by atoms with E-state index in [0.717, 1.165) is 11.1 Å². The molecule has 0 aliphatic carbocycles. The van der Waals surface area contributed by atoms with Crippen molar-refractivity contribution in [1.29, 1.82) is 0 Å². The minimum Gasteiger partial charge on any atom is -0.480 e. The molecule has 1 heterocycles. The molecule has 0 aliphatic rings. The summed E-state index contributed by atoms with van der Waals surface area (Å²) >= 11 is 0. The van der Waals surface area contributed by atoms with E-state index in [1.165, 1.54) is 6.39 Å². The number of nitrogens with two attached hydrogens (primary N) is 1. The summed E-state index contributed by atoms with van der Waals surface area (Å²) in [5, 5.41) is 15.9. The molecule has 86 valence electrons. The molecule has 4 N–H and O–H groups in total. The van der Waals surface area contributed by atoms with E-state index in [4.69, 9.17) is 20.4 Å². The van der Waals surface area contributed by atoms with Gasteiger partial charge in [-0.15, -0.1) is 0 Å². The first kappa shape index (κ1) is 12.2. The summed E-state index contributed by atoms with van der Waals surface area (Å²) in [6, 6.07) is 6.54. The van der Waals surface area contributed by atoms with E-state index in [-0.39, 0.29) is 0 Å². The van der Waals surface area contributed by atoms with Crippen molar-refractivity contribution in [3.05, 3.63) is 30.7 Å². The number of rotatable bonds is 2. The Morgan fingerprint density at radius 1 is 1.50 bits per heavy atom. The van der Waals surface area contributed by atoms with Gasteiger partial charge >= 0.3 is 5.97 Å². The molecule has 0 aliphatic heterocycles. The van der Waals surface area contributed by atoms with Crippen molar-refractivity contribution in [2.75, 3.05) is 6.61 Å². The molecule has 0 unspecified atom stereocenters. The van der Waals surface area contributed by atoms with E-state index in [1.54, 1.807) is 0 Å². The number of aliphatic carboxylic acids is 1. The molecule has 2 rings (SSSR count). The smallest absolute Gasteiger partial charge is 0.322 e. The van der Waals surface area contributed by atoms with Gasteiger partial charge in [-0.1, -0.05) is 12.1 Å². The molecule has 16 heavy (non-hydrogen) atoms. The lowest BCUT2D eigenvalue weighted by atomic mass is 10.3. The topological polar surface area (TPSA) is 110 Å². The number of benzene rings is 1. The highest BCUT2D eigenvalue weighted by atomic mass is 16.4. The number of carboxylic acid groups (broad SMARTS) is 1. The van der Waals surface area contributed by atoms with Gasteiger partial charge in [0.2, 0.25) is 0 Å². The molecular formula is C10H12N2O4. The standard InChI is InChI=1S/C7H5NO.C3H7NO3/c1-2-4-7-6(3-1)8-5-9-7;4-2(1-5)3(6)7/h1-5H;2,5H,1,4H2,(H,6,7)/t;2-/m.0/s1. The van der Waals surface area contributed by atoms with Gasteiger partial charge in [0.1, 0.15) is 11.6 Å². The van der Waals surface area contributed by atoms with Crippen LogP contribution in [0.3, 0.4) is 0 Å². The molecule has 6 heteroatoms. The number of aromatic nitrogens is 1. The Balaban J connectivity index is 0.000000168. The Morgan fingerprint density at radius 2 is 2.19 bits per heavy atom. The summed E-state index contributed by atoms with van der Waals surface area (Å²) < 4.78 is 5.01. The molecule has 0 radical (unpaired) electrons. The lowest BCUT2D eigenvalue weighted by molar-refractivity contribution is -0.139. The van der Waals surface area contributed by atoms with E-state index < -0.39 is 18.6 Å². The third-order valence-corrected chi connectivity index (χ3v) is 1.75. The van der Waals surface area contributed by atoms with Crippen LogP contribution in [0.2, 0.25) is 0 Å². The second kappa shape index (κ2) is 5.84. The van der Waals surface area contributed by atoms with Crippen molar-refractivity contribution < 1.29 is 19.4 Å². The van der Waals surface area contributed by atoms with Gasteiger partial charge in [-0.25, -0.2) is 4.98 Å². The predicted molar refractivity (Wildman–Crippen MR) is 56.7 cm³/mol. The van der Waals surface area contributed by atoms with Gasteiger partial charge in [-0.2, -0.15) is 0 Å². The molecule has 0 saturated heterocycles. The second-order valence-corrected chi connectivity index (χ2v) is 2.95. The Labute approximate surface area is 91.3 Å². The highest BCUT2D eigenvalue weighted by Gasteiger charge is 2.06. The average Bonchev–Trinajstić information content (AvgIpc) is 2.76. The van der Waals surface area contributed by atoms with Gasteiger partial charge in [0.25, 0.3) is 0 Å².